The molecule has 0 N–H and O–H groups in total. The Bertz CT molecular complexity index is 444. The average Bonchev–Trinajstić information content (AvgIpc) is 2.67. The lowest BCUT2D eigenvalue weighted by molar-refractivity contribution is 0.0471. The summed E-state index contributed by atoms with van der Waals surface area (Å²) in [7, 11) is -0.843. The van der Waals surface area contributed by atoms with E-state index in [9.17, 15) is 8.78 Å². The van der Waals surface area contributed by atoms with E-state index in [2.05, 4.69) is 19.6 Å². The van der Waals surface area contributed by atoms with Gasteiger partial charge in [-0.1, -0.05) is 57.8 Å². The minimum absolute atomic E-state index is 0.466. The Morgan fingerprint density at radius 3 is 1.64 bits per heavy atom. The van der Waals surface area contributed by atoms with Gasteiger partial charge in [0.05, 0.1) is 0 Å². The molecule has 28 heavy (non-hydrogen) atoms. The van der Waals surface area contributed by atoms with E-state index >= 15 is 0 Å². The third-order valence-electron chi connectivity index (χ3n) is 8.56. The fraction of sp³-hybridized carbons (Fsp3) is 1.00. The van der Waals surface area contributed by atoms with Gasteiger partial charge in [-0.25, -0.2) is 8.78 Å². The zero-order chi connectivity index (χ0) is 20.1. The smallest absolute Gasteiger partial charge is 0.131 e. The normalized spacial score (nSPS) is 40.4. The Balaban J connectivity index is 1.31. The number of halogens is 2. The van der Waals surface area contributed by atoms with Crippen molar-refractivity contribution in [2.45, 2.75) is 128 Å². The van der Waals surface area contributed by atoms with Gasteiger partial charge in [0.1, 0.15) is 12.3 Å². The summed E-state index contributed by atoms with van der Waals surface area (Å²) in [4.78, 5) is 0. The van der Waals surface area contributed by atoms with Gasteiger partial charge >= 0.3 is 0 Å². The van der Waals surface area contributed by atoms with E-state index in [0.29, 0.717) is 24.7 Å². The topological polar surface area (TPSA) is 0 Å². The monoisotopic (exact) mass is 412 g/mol. The van der Waals surface area contributed by atoms with Crippen LogP contribution < -0.4 is 0 Å². The standard InChI is InChI=1S/C25H46F2Si/c1-28(2,3)17-5-4-6-19-7-9-20(10-8-19)21-11-13-22(14-12-21)23-15-16-24(26)25(27)18-23/h19-25H,4-18H2,1-3H3. The number of rotatable bonds is 7. The molecular weight excluding hydrogens is 366 g/mol. The first-order valence-electron chi connectivity index (χ1n) is 12.6. The summed E-state index contributed by atoms with van der Waals surface area (Å²) in [5.74, 6) is 4.06. The van der Waals surface area contributed by atoms with Crippen molar-refractivity contribution in [2.75, 3.05) is 0 Å². The van der Waals surface area contributed by atoms with Gasteiger partial charge < -0.3 is 0 Å². The molecule has 3 rings (SSSR count). The van der Waals surface area contributed by atoms with Gasteiger partial charge in [0.25, 0.3) is 0 Å². The Morgan fingerprint density at radius 2 is 1.11 bits per heavy atom. The van der Waals surface area contributed by atoms with Crippen LogP contribution in [-0.4, -0.2) is 20.4 Å². The summed E-state index contributed by atoms with van der Waals surface area (Å²) in [6.45, 7) is 7.48. The van der Waals surface area contributed by atoms with Crippen molar-refractivity contribution in [3.05, 3.63) is 0 Å². The van der Waals surface area contributed by atoms with E-state index in [1.165, 1.54) is 76.7 Å². The molecule has 164 valence electrons. The highest BCUT2D eigenvalue weighted by Crippen LogP contribution is 2.46. The summed E-state index contributed by atoms with van der Waals surface area (Å²) in [5.41, 5.74) is 0. The number of hydrogen-bond acceptors (Lipinski definition) is 0. The molecule has 0 nitrogen and oxygen atoms in total. The van der Waals surface area contributed by atoms with Crippen LogP contribution in [0.15, 0.2) is 0 Å². The molecule has 0 radical (unpaired) electrons. The van der Waals surface area contributed by atoms with Crippen LogP contribution in [0.1, 0.15) is 89.9 Å². The van der Waals surface area contributed by atoms with Gasteiger partial charge in [-0.2, -0.15) is 0 Å². The van der Waals surface area contributed by atoms with Crippen LogP contribution in [-0.2, 0) is 0 Å². The molecule has 0 amide bonds. The van der Waals surface area contributed by atoms with Crippen molar-refractivity contribution in [3.63, 3.8) is 0 Å². The molecule has 3 unspecified atom stereocenters. The lowest BCUT2D eigenvalue weighted by atomic mass is 9.65. The van der Waals surface area contributed by atoms with Crippen molar-refractivity contribution < 1.29 is 8.78 Å². The zero-order valence-corrected chi connectivity index (χ0v) is 19.9. The van der Waals surface area contributed by atoms with Crippen LogP contribution in [0.2, 0.25) is 25.7 Å². The maximum Gasteiger partial charge on any atom is 0.131 e. The Labute approximate surface area is 174 Å². The van der Waals surface area contributed by atoms with Crippen molar-refractivity contribution in [2.24, 2.45) is 29.6 Å². The predicted molar refractivity (Wildman–Crippen MR) is 120 cm³/mol. The van der Waals surface area contributed by atoms with E-state index in [4.69, 9.17) is 0 Å². The number of alkyl halides is 2. The molecule has 0 bridgehead atoms. The fourth-order valence-electron chi connectivity index (χ4n) is 6.66. The summed E-state index contributed by atoms with van der Waals surface area (Å²) < 4.78 is 27.2. The fourth-order valence-corrected chi connectivity index (χ4v) is 7.97. The highest BCUT2D eigenvalue weighted by molar-refractivity contribution is 6.76. The largest absolute Gasteiger partial charge is 0.244 e. The minimum atomic E-state index is -1.18. The quantitative estimate of drug-likeness (QED) is 0.290. The lowest BCUT2D eigenvalue weighted by Crippen LogP contribution is -2.34. The molecule has 3 aliphatic rings. The molecule has 3 aliphatic carbocycles. The molecule has 0 heterocycles. The summed E-state index contributed by atoms with van der Waals surface area (Å²) >= 11 is 0. The van der Waals surface area contributed by atoms with Crippen LogP contribution in [0, 0.1) is 29.6 Å². The summed E-state index contributed by atoms with van der Waals surface area (Å²) in [5, 5.41) is 0. The summed E-state index contributed by atoms with van der Waals surface area (Å²) in [6, 6.07) is 1.50. The molecule has 0 aromatic rings. The second-order valence-corrected chi connectivity index (χ2v) is 17.5. The predicted octanol–water partition coefficient (Wildman–Crippen LogP) is 8.58. The SMILES string of the molecule is C[Si](C)(C)CCCCC1CCC(C2CCC(C3CCC(F)C(F)C3)CC2)CC1. The van der Waals surface area contributed by atoms with Crippen LogP contribution in [0.5, 0.6) is 0 Å². The highest BCUT2D eigenvalue weighted by atomic mass is 28.3. The van der Waals surface area contributed by atoms with Gasteiger partial charge in [0.15, 0.2) is 0 Å². The third-order valence-corrected chi connectivity index (χ3v) is 10.4. The molecule has 0 aromatic carbocycles. The van der Waals surface area contributed by atoms with E-state index in [1.54, 1.807) is 0 Å². The van der Waals surface area contributed by atoms with Crippen LogP contribution >= 0.6 is 0 Å². The first kappa shape index (κ1) is 22.8. The molecule has 3 atom stereocenters. The Morgan fingerprint density at radius 1 is 0.607 bits per heavy atom. The van der Waals surface area contributed by atoms with E-state index in [1.807, 2.05) is 0 Å². The molecular formula is C25H46F2Si. The Hall–Kier alpha value is 0.0769. The van der Waals surface area contributed by atoms with E-state index in [-0.39, 0.29) is 0 Å². The Kier molecular flexibility index (Phi) is 8.45. The van der Waals surface area contributed by atoms with Crippen LogP contribution in [0.25, 0.3) is 0 Å². The average molecular weight is 413 g/mol. The van der Waals surface area contributed by atoms with Crippen molar-refractivity contribution in [3.8, 4) is 0 Å². The minimum Gasteiger partial charge on any atom is -0.244 e. The lowest BCUT2D eigenvalue weighted by Gasteiger charge is -2.41. The zero-order valence-electron chi connectivity index (χ0n) is 18.9. The molecule has 0 saturated heterocycles. The first-order valence-corrected chi connectivity index (χ1v) is 16.3. The number of hydrogen-bond donors (Lipinski definition) is 0. The van der Waals surface area contributed by atoms with Crippen LogP contribution in [0.4, 0.5) is 8.78 Å². The molecule has 3 saturated carbocycles. The number of unbranched alkanes of at least 4 members (excludes halogenated alkanes) is 1. The maximum absolute atomic E-state index is 13.8. The van der Waals surface area contributed by atoms with Crippen molar-refractivity contribution in [1.82, 2.24) is 0 Å². The highest BCUT2D eigenvalue weighted by Gasteiger charge is 2.37. The van der Waals surface area contributed by atoms with E-state index < -0.39 is 20.4 Å². The van der Waals surface area contributed by atoms with Crippen LogP contribution in [0.3, 0.4) is 0 Å². The summed E-state index contributed by atoms with van der Waals surface area (Å²) in [6.07, 6.45) is 15.1. The first-order chi connectivity index (χ1) is 13.3. The van der Waals surface area contributed by atoms with Gasteiger partial charge in [0, 0.05) is 8.07 Å². The third kappa shape index (κ3) is 6.81. The molecule has 3 fully saturated rings. The maximum atomic E-state index is 13.8. The molecule has 0 aromatic heterocycles. The van der Waals surface area contributed by atoms with Gasteiger partial charge in [-0.15, -0.1) is 0 Å². The second kappa shape index (κ2) is 10.4. The van der Waals surface area contributed by atoms with Gasteiger partial charge in [-0.3, -0.25) is 0 Å². The van der Waals surface area contributed by atoms with Crippen molar-refractivity contribution in [1.29, 1.82) is 0 Å². The van der Waals surface area contributed by atoms with Crippen molar-refractivity contribution >= 4 is 8.07 Å². The molecule has 3 heteroatoms. The molecule has 0 aliphatic heterocycles. The molecule has 0 spiro atoms. The van der Waals surface area contributed by atoms with Gasteiger partial charge in [0.2, 0.25) is 0 Å². The van der Waals surface area contributed by atoms with Gasteiger partial charge in [-0.05, 0) is 87.4 Å². The second-order valence-electron chi connectivity index (χ2n) is 11.9. The van der Waals surface area contributed by atoms with E-state index in [0.717, 1.165) is 24.2 Å².